The molecule has 3 N–H and O–H groups in total. The maximum atomic E-state index is 12.3. The van der Waals surface area contributed by atoms with Crippen LogP contribution in [0, 0.1) is 0 Å². The molecule has 2 aromatic rings. The minimum Gasteiger partial charge on any atom is -0.497 e. The monoisotopic (exact) mass is 383 g/mol. The molecule has 1 unspecified atom stereocenters. The fraction of sp³-hybridized carbons (Fsp3) is 0.200. The predicted molar refractivity (Wildman–Crippen MR) is 90.2 cm³/mol. The summed E-state index contributed by atoms with van der Waals surface area (Å²) in [6, 6.07) is 8.77. The van der Waals surface area contributed by atoms with Gasteiger partial charge in [-0.05, 0) is 46.6 Å². The van der Waals surface area contributed by atoms with Crippen LogP contribution in [0.3, 0.4) is 0 Å². The van der Waals surface area contributed by atoms with Crippen LogP contribution in [0.1, 0.15) is 29.0 Å². The zero-order chi connectivity index (χ0) is 16.3. The number of methoxy groups -OCH3 is 1. The van der Waals surface area contributed by atoms with E-state index in [2.05, 4.69) is 26.2 Å². The Balaban J connectivity index is 2.17. The molecule has 0 aliphatic carbocycles. The van der Waals surface area contributed by atoms with Gasteiger partial charge >= 0.3 is 0 Å². The predicted octanol–water partition coefficient (Wildman–Crippen LogP) is 3.58. The summed E-state index contributed by atoms with van der Waals surface area (Å²) in [5, 5.41) is 3.04. The van der Waals surface area contributed by atoms with Crippen LogP contribution in [-0.4, -0.2) is 18.0 Å². The van der Waals surface area contributed by atoms with Gasteiger partial charge in [-0.15, -0.1) is 0 Å². The number of nitrogen functional groups attached to an aromatic ring is 1. The first-order valence-corrected chi connectivity index (χ1v) is 7.65. The van der Waals surface area contributed by atoms with E-state index >= 15 is 0 Å². The molecule has 1 heterocycles. The summed E-state index contributed by atoms with van der Waals surface area (Å²) in [7, 11) is 1.60. The van der Waals surface area contributed by atoms with E-state index in [4.69, 9.17) is 22.1 Å². The number of pyridine rings is 1. The maximum absolute atomic E-state index is 12.3. The van der Waals surface area contributed by atoms with Crippen molar-refractivity contribution in [1.29, 1.82) is 0 Å². The van der Waals surface area contributed by atoms with Crippen molar-refractivity contribution < 1.29 is 9.53 Å². The molecule has 22 heavy (non-hydrogen) atoms. The molecular weight excluding hydrogens is 370 g/mol. The average Bonchev–Trinajstić information content (AvgIpc) is 2.50. The van der Waals surface area contributed by atoms with E-state index in [1.165, 1.54) is 0 Å². The van der Waals surface area contributed by atoms with Crippen molar-refractivity contribution in [3.63, 3.8) is 0 Å². The highest BCUT2D eigenvalue weighted by molar-refractivity contribution is 9.10. The molecule has 0 aliphatic rings. The van der Waals surface area contributed by atoms with Crippen molar-refractivity contribution in [3.05, 3.63) is 51.2 Å². The molecule has 0 fully saturated rings. The van der Waals surface area contributed by atoms with E-state index in [1.54, 1.807) is 13.2 Å². The number of carbonyl (C=O) groups is 1. The number of hydrogen-bond acceptors (Lipinski definition) is 4. The first-order valence-electron chi connectivity index (χ1n) is 6.48. The Labute approximate surface area is 142 Å². The molecule has 5 nitrogen and oxygen atoms in total. The number of anilines is 1. The molecule has 1 aromatic heterocycles. The third kappa shape index (κ3) is 3.69. The third-order valence-corrected chi connectivity index (χ3v) is 4.01. The average molecular weight is 385 g/mol. The minimum absolute atomic E-state index is 0.0970. The number of ether oxygens (including phenoxy) is 1. The molecule has 0 saturated carbocycles. The van der Waals surface area contributed by atoms with Crippen molar-refractivity contribution in [1.82, 2.24) is 10.3 Å². The van der Waals surface area contributed by atoms with Crippen molar-refractivity contribution in [2.75, 3.05) is 12.8 Å². The third-order valence-electron chi connectivity index (χ3n) is 3.16. The summed E-state index contributed by atoms with van der Waals surface area (Å²) in [6.45, 7) is 1.87. The van der Waals surface area contributed by atoms with Crippen LogP contribution in [0.15, 0.2) is 34.8 Å². The number of nitrogens with one attached hydrogen (secondary N) is 1. The van der Waals surface area contributed by atoms with E-state index in [0.717, 1.165) is 11.3 Å². The Hall–Kier alpha value is -1.79. The first-order chi connectivity index (χ1) is 10.4. The van der Waals surface area contributed by atoms with Crippen molar-refractivity contribution >= 4 is 39.1 Å². The summed E-state index contributed by atoms with van der Waals surface area (Å²) in [5.41, 5.74) is 7.15. The second-order valence-corrected chi connectivity index (χ2v) is 5.90. The zero-order valence-electron chi connectivity index (χ0n) is 12.1. The first kappa shape index (κ1) is 16.6. The number of rotatable bonds is 4. The fourth-order valence-corrected chi connectivity index (χ4v) is 2.64. The van der Waals surface area contributed by atoms with Crippen LogP contribution in [0.5, 0.6) is 5.75 Å². The summed E-state index contributed by atoms with van der Waals surface area (Å²) < 4.78 is 5.64. The van der Waals surface area contributed by atoms with Gasteiger partial charge in [0.2, 0.25) is 0 Å². The number of hydrogen-bond donors (Lipinski definition) is 2. The van der Waals surface area contributed by atoms with Gasteiger partial charge in [0.05, 0.1) is 18.8 Å². The highest BCUT2D eigenvalue weighted by Crippen LogP contribution is 2.26. The topological polar surface area (TPSA) is 77.2 Å². The molecule has 0 bridgehead atoms. The normalized spacial score (nSPS) is 11.8. The Kier molecular flexibility index (Phi) is 5.26. The molecule has 116 valence electrons. The molecule has 1 atom stereocenters. The largest absolute Gasteiger partial charge is 0.497 e. The summed E-state index contributed by atoms with van der Waals surface area (Å²) in [6.07, 6.45) is 0. The van der Waals surface area contributed by atoms with Crippen LogP contribution in [0.2, 0.25) is 5.15 Å². The van der Waals surface area contributed by atoms with Crippen LogP contribution >= 0.6 is 27.5 Å². The Bertz CT molecular complexity index is 692. The molecule has 7 heteroatoms. The summed E-state index contributed by atoms with van der Waals surface area (Å²) in [5.74, 6) is 0.371. The van der Waals surface area contributed by atoms with Gasteiger partial charge in [-0.1, -0.05) is 23.7 Å². The second-order valence-electron chi connectivity index (χ2n) is 4.66. The highest BCUT2D eigenvalue weighted by Gasteiger charge is 2.18. The molecule has 1 amide bonds. The Morgan fingerprint density at radius 2 is 2.05 bits per heavy atom. The number of amides is 1. The van der Waals surface area contributed by atoms with E-state index in [-0.39, 0.29) is 28.5 Å². The number of halogens is 2. The van der Waals surface area contributed by atoms with Crippen LogP contribution in [0.25, 0.3) is 0 Å². The van der Waals surface area contributed by atoms with Crippen LogP contribution in [-0.2, 0) is 0 Å². The molecule has 0 aliphatic heterocycles. The zero-order valence-corrected chi connectivity index (χ0v) is 14.4. The minimum atomic E-state index is -0.385. The van der Waals surface area contributed by atoms with Gasteiger partial charge in [0.1, 0.15) is 10.9 Å². The lowest BCUT2D eigenvalue weighted by Crippen LogP contribution is -2.28. The van der Waals surface area contributed by atoms with Gasteiger partial charge in [-0.25, -0.2) is 4.98 Å². The van der Waals surface area contributed by atoms with E-state index in [9.17, 15) is 4.79 Å². The summed E-state index contributed by atoms with van der Waals surface area (Å²) in [4.78, 5) is 16.3. The maximum Gasteiger partial charge on any atom is 0.272 e. The van der Waals surface area contributed by atoms with Gasteiger partial charge < -0.3 is 15.8 Å². The van der Waals surface area contributed by atoms with Crippen LogP contribution in [0.4, 0.5) is 5.69 Å². The molecule has 2 rings (SSSR count). The molecule has 0 radical (unpaired) electrons. The second kappa shape index (κ2) is 6.98. The van der Waals surface area contributed by atoms with Gasteiger partial charge in [-0.2, -0.15) is 0 Å². The molecule has 0 spiro atoms. The van der Waals surface area contributed by atoms with E-state index in [0.29, 0.717) is 4.47 Å². The molecule has 0 saturated heterocycles. The van der Waals surface area contributed by atoms with Gasteiger partial charge in [0, 0.05) is 4.47 Å². The molecule has 1 aromatic carbocycles. The van der Waals surface area contributed by atoms with Crippen molar-refractivity contribution in [2.24, 2.45) is 0 Å². The quantitative estimate of drug-likeness (QED) is 0.790. The highest BCUT2D eigenvalue weighted by atomic mass is 79.9. The lowest BCUT2D eigenvalue weighted by Gasteiger charge is -2.15. The SMILES string of the molecule is COc1ccc(C(C)NC(=O)c2nc(Cl)cc(Br)c2N)cc1. The number of aromatic nitrogens is 1. The van der Waals surface area contributed by atoms with Gasteiger partial charge in [0.15, 0.2) is 5.69 Å². The van der Waals surface area contributed by atoms with Crippen molar-refractivity contribution in [3.8, 4) is 5.75 Å². The lowest BCUT2D eigenvalue weighted by atomic mass is 10.1. The number of nitrogens with two attached hydrogens (primary N) is 1. The Morgan fingerprint density at radius 3 is 2.64 bits per heavy atom. The standard InChI is InChI=1S/C15H15BrClN3O2/c1-8(9-3-5-10(22-2)6-4-9)19-15(21)14-13(18)11(16)7-12(17)20-14/h3-8H,18H2,1-2H3,(H,19,21). The number of nitrogens with zero attached hydrogens (tertiary/aromatic N) is 1. The molecular formula is C15H15BrClN3O2. The lowest BCUT2D eigenvalue weighted by molar-refractivity contribution is 0.0936. The summed E-state index contributed by atoms with van der Waals surface area (Å²) >= 11 is 9.11. The smallest absolute Gasteiger partial charge is 0.272 e. The van der Waals surface area contributed by atoms with Crippen LogP contribution < -0.4 is 15.8 Å². The fourth-order valence-electron chi connectivity index (χ4n) is 1.91. The van der Waals surface area contributed by atoms with Crippen molar-refractivity contribution in [2.45, 2.75) is 13.0 Å². The van der Waals surface area contributed by atoms with E-state index in [1.807, 2.05) is 31.2 Å². The van der Waals surface area contributed by atoms with Gasteiger partial charge in [0.25, 0.3) is 5.91 Å². The number of carbonyl (C=O) groups excluding carboxylic acids is 1. The Morgan fingerprint density at radius 1 is 1.41 bits per heavy atom. The number of benzene rings is 1. The van der Waals surface area contributed by atoms with Gasteiger partial charge in [-0.3, -0.25) is 4.79 Å². The van der Waals surface area contributed by atoms with E-state index < -0.39 is 0 Å².